The maximum Gasteiger partial charge on any atom is 0.0869 e. The molecule has 6 nitrogen and oxygen atoms in total. The van der Waals surface area contributed by atoms with E-state index >= 15 is 0 Å². The van der Waals surface area contributed by atoms with Crippen LogP contribution in [-0.2, 0) is 0 Å². The number of hydrogen-bond acceptors (Lipinski definition) is 6. The van der Waals surface area contributed by atoms with Crippen LogP contribution in [0.5, 0.6) is 0 Å². The summed E-state index contributed by atoms with van der Waals surface area (Å²) in [6.07, 6.45) is 0. The predicted molar refractivity (Wildman–Crippen MR) is 77.8 cm³/mol. The van der Waals surface area contributed by atoms with Crippen molar-refractivity contribution in [3.05, 3.63) is 48.5 Å². The van der Waals surface area contributed by atoms with Crippen molar-refractivity contribution >= 4 is 46.3 Å². The molecule has 0 fully saturated rings. The van der Waals surface area contributed by atoms with Crippen LogP contribution < -0.4 is 0 Å². The first-order valence-electron chi connectivity index (χ1n) is 5.48. The highest BCUT2D eigenvalue weighted by atomic mass is 35.5. The van der Waals surface area contributed by atoms with E-state index in [1.54, 1.807) is 48.5 Å². The van der Waals surface area contributed by atoms with Crippen molar-refractivity contribution in [2.24, 2.45) is 29.7 Å². The third kappa shape index (κ3) is 4.18. The van der Waals surface area contributed by atoms with Gasteiger partial charge in [0.05, 0.1) is 46.3 Å². The number of benzene rings is 2. The van der Waals surface area contributed by atoms with Crippen LogP contribution >= 0.6 is 23.6 Å². The first-order valence-corrected chi connectivity index (χ1v) is 6.15. The molecule has 0 aromatic heterocycles. The number of rotatable bonds is 4. The highest BCUT2D eigenvalue weighted by Crippen LogP contribution is 2.23. The Hall–Kier alpha value is -2.18. The average molecular weight is 307 g/mol. The van der Waals surface area contributed by atoms with Crippen LogP contribution in [0.3, 0.4) is 0 Å². The van der Waals surface area contributed by atoms with Crippen molar-refractivity contribution in [1.82, 2.24) is 0 Å². The van der Waals surface area contributed by atoms with E-state index in [1.165, 1.54) is 0 Å². The molecule has 0 aliphatic rings. The smallest absolute Gasteiger partial charge is 0.0869 e. The third-order valence-corrected chi connectivity index (χ3v) is 2.44. The van der Waals surface area contributed by atoms with Crippen molar-refractivity contribution in [2.75, 3.05) is 0 Å². The lowest BCUT2D eigenvalue weighted by Crippen LogP contribution is -1.66. The second-order valence-corrected chi connectivity index (χ2v) is 3.89. The molecule has 0 heterocycles. The van der Waals surface area contributed by atoms with E-state index in [0.29, 0.717) is 22.7 Å². The quantitative estimate of drug-likeness (QED) is 0.572. The molecule has 8 heteroatoms. The average Bonchev–Trinajstić information content (AvgIpc) is 2.49. The molecule has 100 valence electrons. The van der Waals surface area contributed by atoms with E-state index in [0.717, 1.165) is 0 Å². The van der Waals surface area contributed by atoms with Gasteiger partial charge in [-0.15, -0.1) is 10.2 Å². The predicted octanol–water partition coefficient (Wildman–Crippen LogP) is 6.58. The standard InChI is InChI=1S/C12H8Cl2N6/c13-19-17-11-5-1-9(2-6-11)15-16-10-3-7-12(8-4-10)18-20-14/h1-8H/b16-15+,19-17?,20-18?. The van der Waals surface area contributed by atoms with Gasteiger partial charge >= 0.3 is 0 Å². The van der Waals surface area contributed by atoms with Gasteiger partial charge in [0.2, 0.25) is 0 Å². The zero-order valence-electron chi connectivity index (χ0n) is 10.1. The molecule has 0 atom stereocenters. The van der Waals surface area contributed by atoms with Crippen molar-refractivity contribution in [3.8, 4) is 0 Å². The molecule has 0 unspecified atom stereocenters. The fraction of sp³-hybridized carbons (Fsp3) is 0. The van der Waals surface area contributed by atoms with Crippen LogP contribution in [0.4, 0.5) is 22.7 Å². The first-order chi connectivity index (χ1) is 9.81. The molecule has 2 rings (SSSR count). The van der Waals surface area contributed by atoms with Crippen LogP contribution in [0.1, 0.15) is 0 Å². The highest BCUT2D eigenvalue weighted by Gasteiger charge is 1.94. The minimum Gasteiger partial charge on any atom is -0.151 e. The Labute approximate surface area is 125 Å². The molecular formula is C12H8Cl2N6. The monoisotopic (exact) mass is 306 g/mol. The Bertz CT molecular complexity index is 577. The minimum absolute atomic E-state index is 0.648. The van der Waals surface area contributed by atoms with Crippen LogP contribution in [-0.4, -0.2) is 0 Å². The molecule has 0 aliphatic carbocycles. The molecule has 2 aromatic rings. The summed E-state index contributed by atoms with van der Waals surface area (Å²) < 4.78 is 6.34. The van der Waals surface area contributed by atoms with Crippen molar-refractivity contribution in [1.29, 1.82) is 0 Å². The molecule has 0 radical (unpaired) electrons. The molecule has 0 bridgehead atoms. The summed E-state index contributed by atoms with van der Waals surface area (Å²) >= 11 is 10.3. The van der Waals surface area contributed by atoms with Gasteiger partial charge in [-0.3, -0.25) is 0 Å². The SMILES string of the molecule is ClN=Nc1ccc(/N=N/c2ccc(N=NCl)cc2)cc1. The zero-order chi connectivity index (χ0) is 14.2. The van der Waals surface area contributed by atoms with Crippen molar-refractivity contribution < 1.29 is 0 Å². The number of halogens is 2. The van der Waals surface area contributed by atoms with Gasteiger partial charge in [-0.2, -0.15) is 10.2 Å². The van der Waals surface area contributed by atoms with Gasteiger partial charge in [0.25, 0.3) is 0 Å². The van der Waals surface area contributed by atoms with Crippen LogP contribution in [0.25, 0.3) is 0 Å². The Morgan fingerprint density at radius 1 is 0.450 bits per heavy atom. The van der Waals surface area contributed by atoms with Gasteiger partial charge in [-0.1, -0.05) is 9.27 Å². The summed E-state index contributed by atoms with van der Waals surface area (Å²) in [5.74, 6) is 0. The van der Waals surface area contributed by atoms with E-state index in [-0.39, 0.29) is 0 Å². The van der Waals surface area contributed by atoms with Gasteiger partial charge in [0, 0.05) is 0 Å². The molecule has 20 heavy (non-hydrogen) atoms. The summed E-state index contributed by atoms with van der Waals surface area (Å²) in [4.78, 5) is 0. The molecule has 0 amide bonds. The molecule has 0 aliphatic heterocycles. The second-order valence-electron chi connectivity index (χ2n) is 3.58. The summed E-state index contributed by atoms with van der Waals surface area (Å²) in [7, 11) is 0. The van der Waals surface area contributed by atoms with E-state index in [9.17, 15) is 0 Å². The van der Waals surface area contributed by atoms with Gasteiger partial charge in [0.15, 0.2) is 0 Å². The minimum atomic E-state index is 0.648. The molecular weight excluding hydrogens is 299 g/mol. The Balaban J connectivity index is 2.08. The lowest BCUT2D eigenvalue weighted by Gasteiger charge is -1.95. The molecule has 0 saturated heterocycles. The van der Waals surface area contributed by atoms with Gasteiger partial charge in [0.1, 0.15) is 0 Å². The van der Waals surface area contributed by atoms with Gasteiger partial charge < -0.3 is 0 Å². The lowest BCUT2D eigenvalue weighted by atomic mass is 10.3. The highest BCUT2D eigenvalue weighted by molar-refractivity contribution is 6.14. The summed E-state index contributed by atoms with van der Waals surface area (Å²) in [5, 5.41) is 15.5. The zero-order valence-corrected chi connectivity index (χ0v) is 11.6. The molecule has 0 spiro atoms. The van der Waals surface area contributed by atoms with E-state index in [4.69, 9.17) is 23.6 Å². The van der Waals surface area contributed by atoms with Crippen LogP contribution in [0, 0.1) is 0 Å². The number of azo groups is 1. The van der Waals surface area contributed by atoms with Crippen molar-refractivity contribution in [2.45, 2.75) is 0 Å². The topological polar surface area (TPSA) is 74.2 Å². The second kappa shape index (κ2) is 7.42. The maximum atomic E-state index is 5.15. The van der Waals surface area contributed by atoms with E-state index in [1.807, 2.05) is 0 Å². The lowest BCUT2D eigenvalue weighted by molar-refractivity contribution is 1.22. The van der Waals surface area contributed by atoms with E-state index in [2.05, 4.69) is 29.7 Å². The van der Waals surface area contributed by atoms with Gasteiger partial charge in [-0.25, -0.2) is 0 Å². The summed E-state index contributed by atoms with van der Waals surface area (Å²) in [5.41, 5.74) is 2.69. The molecule has 0 N–H and O–H groups in total. The molecule has 0 saturated carbocycles. The Kier molecular flexibility index (Phi) is 5.28. The van der Waals surface area contributed by atoms with Gasteiger partial charge in [-0.05, 0) is 48.5 Å². The largest absolute Gasteiger partial charge is 0.151 e. The van der Waals surface area contributed by atoms with E-state index < -0.39 is 0 Å². The van der Waals surface area contributed by atoms with Crippen LogP contribution in [0.15, 0.2) is 78.3 Å². The number of nitrogens with zero attached hydrogens (tertiary/aromatic N) is 6. The van der Waals surface area contributed by atoms with Crippen LogP contribution in [0.2, 0.25) is 0 Å². The number of hydrogen-bond donors (Lipinski definition) is 0. The van der Waals surface area contributed by atoms with Crippen molar-refractivity contribution in [3.63, 3.8) is 0 Å². The fourth-order valence-corrected chi connectivity index (χ4v) is 1.55. The normalized spacial score (nSPS) is 11.9. The Morgan fingerprint density at radius 2 is 0.700 bits per heavy atom. The fourth-order valence-electron chi connectivity index (χ4n) is 1.37. The third-order valence-electron chi connectivity index (χ3n) is 2.29. The summed E-state index contributed by atoms with van der Waals surface area (Å²) in [6, 6.07) is 14.0. The summed E-state index contributed by atoms with van der Waals surface area (Å²) in [6.45, 7) is 0. The Morgan fingerprint density at radius 3 is 0.950 bits per heavy atom. The maximum absolute atomic E-state index is 5.15. The first kappa shape index (κ1) is 14.2. The molecule has 2 aromatic carbocycles.